The highest BCUT2D eigenvalue weighted by atomic mass is 19.1. The van der Waals surface area contributed by atoms with Gasteiger partial charge in [0.25, 0.3) is 0 Å². The molecule has 2 saturated carbocycles. The van der Waals surface area contributed by atoms with Crippen LogP contribution in [0.2, 0.25) is 0 Å². The van der Waals surface area contributed by atoms with Gasteiger partial charge in [0.1, 0.15) is 0 Å². The van der Waals surface area contributed by atoms with Gasteiger partial charge in [-0.05, 0) is 156 Å². The molecule has 0 saturated heterocycles. The summed E-state index contributed by atoms with van der Waals surface area (Å²) in [7, 11) is 0. The number of allylic oxidation sites excluding steroid dienone is 3. The second kappa shape index (κ2) is 10.3. The lowest BCUT2D eigenvalue weighted by Gasteiger charge is -2.33. The van der Waals surface area contributed by atoms with Crippen molar-refractivity contribution in [3.8, 4) is 0 Å². The molecule has 0 spiro atoms. The standard InChI is InChI=1S/C29H43F/c1-19(27-13-9-25(10-14-27)8-7-17-30)18-26-11-15-28(16-12-26)29-23(5)21(3)20(2)22(4)24(29)6/h7,17-18,25-28H,8-16H2,1-6H3/b17-7+,19-18?. The van der Waals surface area contributed by atoms with Crippen LogP contribution in [-0.4, -0.2) is 0 Å². The van der Waals surface area contributed by atoms with Gasteiger partial charge in [-0.25, -0.2) is 4.39 Å². The molecule has 3 rings (SSSR count). The Kier molecular flexibility index (Phi) is 7.99. The summed E-state index contributed by atoms with van der Waals surface area (Å²) >= 11 is 0. The minimum Gasteiger partial charge on any atom is -0.216 e. The average molecular weight is 411 g/mol. The van der Waals surface area contributed by atoms with Crippen molar-refractivity contribution in [3.63, 3.8) is 0 Å². The van der Waals surface area contributed by atoms with Crippen molar-refractivity contribution < 1.29 is 4.39 Å². The van der Waals surface area contributed by atoms with Crippen LogP contribution >= 0.6 is 0 Å². The second-order valence-electron chi connectivity index (χ2n) is 10.4. The van der Waals surface area contributed by atoms with Crippen LogP contribution in [0.4, 0.5) is 4.39 Å². The first-order valence-electron chi connectivity index (χ1n) is 12.3. The minimum absolute atomic E-state index is 0.699. The van der Waals surface area contributed by atoms with Crippen molar-refractivity contribution >= 4 is 0 Å². The van der Waals surface area contributed by atoms with Crippen molar-refractivity contribution in [3.05, 3.63) is 57.4 Å². The van der Waals surface area contributed by atoms with Crippen LogP contribution in [0.1, 0.15) is 104 Å². The Labute approximate surface area is 185 Å². The van der Waals surface area contributed by atoms with E-state index >= 15 is 0 Å². The largest absolute Gasteiger partial charge is 0.216 e. The molecule has 0 N–H and O–H groups in total. The third-order valence-electron chi connectivity index (χ3n) is 8.79. The maximum absolute atomic E-state index is 12.3. The van der Waals surface area contributed by atoms with E-state index in [2.05, 4.69) is 47.6 Å². The summed E-state index contributed by atoms with van der Waals surface area (Å²) in [6, 6.07) is 0. The summed E-state index contributed by atoms with van der Waals surface area (Å²) < 4.78 is 12.3. The molecule has 1 aromatic carbocycles. The Morgan fingerprint density at radius 1 is 0.767 bits per heavy atom. The molecule has 1 heteroatoms. The van der Waals surface area contributed by atoms with Gasteiger partial charge in [-0.2, -0.15) is 0 Å². The molecular formula is C29H43F. The fourth-order valence-electron chi connectivity index (χ4n) is 6.32. The third kappa shape index (κ3) is 5.09. The van der Waals surface area contributed by atoms with Crippen molar-refractivity contribution in [2.45, 2.75) is 105 Å². The summed E-state index contributed by atoms with van der Waals surface area (Å²) in [5, 5.41) is 0. The SMILES string of the molecule is CC(=CC1CCC(c2c(C)c(C)c(C)c(C)c2C)CC1)C1CCC(C/C=C/F)CC1. The molecule has 0 nitrogen and oxygen atoms in total. The highest BCUT2D eigenvalue weighted by molar-refractivity contribution is 5.51. The van der Waals surface area contributed by atoms with Gasteiger partial charge < -0.3 is 0 Å². The van der Waals surface area contributed by atoms with E-state index in [1.807, 2.05) is 0 Å². The fourth-order valence-corrected chi connectivity index (χ4v) is 6.32. The van der Waals surface area contributed by atoms with Gasteiger partial charge in [0.05, 0.1) is 6.33 Å². The molecule has 166 valence electrons. The Bertz CT molecular complexity index is 752. The van der Waals surface area contributed by atoms with Crippen molar-refractivity contribution in [1.82, 2.24) is 0 Å². The Balaban J connectivity index is 1.59. The van der Waals surface area contributed by atoms with E-state index in [1.54, 1.807) is 28.3 Å². The molecule has 0 amide bonds. The highest BCUT2D eigenvalue weighted by Crippen LogP contribution is 2.42. The van der Waals surface area contributed by atoms with Crippen molar-refractivity contribution in [2.75, 3.05) is 0 Å². The molecule has 0 atom stereocenters. The zero-order chi connectivity index (χ0) is 21.8. The number of hydrogen-bond acceptors (Lipinski definition) is 0. The molecule has 2 fully saturated rings. The van der Waals surface area contributed by atoms with Crippen LogP contribution in [0.5, 0.6) is 0 Å². The van der Waals surface area contributed by atoms with E-state index in [1.165, 1.54) is 68.1 Å². The van der Waals surface area contributed by atoms with Gasteiger partial charge in [-0.1, -0.05) is 17.7 Å². The average Bonchev–Trinajstić information content (AvgIpc) is 2.76. The molecule has 0 aliphatic heterocycles. The summed E-state index contributed by atoms with van der Waals surface area (Å²) in [6.45, 7) is 14.0. The first kappa shape index (κ1) is 23.3. The molecule has 2 aliphatic carbocycles. The van der Waals surface area contributed by atoms with Crippen LogP contribution in [0, 0.1) is 52.4 Å². The Hall–Kier alpha value is -1.37. The zero-order valence-corrected chi connectivity index (χ0v) is 20.3. The minimum atomic E-state index is 0.699. The highest BCUT2D eigenvalue weighted by Gasteiger charge is 2.27. The Morgan fingerprint density at radius 3 is 1.83 bits per heavy atom. The number of hydrogen-bond donors (Lipinski definition) is 0. The molecule has 2 aliphatic rings. The van der Waals surface area contributed by atoms with Gasteiger partial charge in [-0.15, -0.1) is 0 Å². The van der Waals surface area contributed by atoms with Crippen LogP contribution in [-0.2, 0) is 0 Å². The van der Waals surface area contributed by atoms with Gasteiger partial charge in [0.15, 0.2) is 0 Å². The van der Waals surface area contributed by atoms with E-state index in [0.29, 0.717) is 5.92 Å². The van der Waals surface area contributed by atoms with Crippen LogP contribution in [0.15, 0.2) is 24.1 Å². The van der Waals surface area contributed by atoms with Crippen molar-refractivity contribution in [1.29, 1.82) is 0 Å². The van der Waals surface area contributed by atoms with Crippen LogP contribution < -0.4 is 0 Å². The van der Waals surface area contributed by atoms with E-state index in [9.17, 15) is 4.39 Å². The van der Waals surface area contributed by atoms with Crippen LogP contribution in [0.25, 0.3) is 0 Å². The van der Waals surface area contributed by atoms with Crippen molar-refractivity contribution in [2.24, 2.45) is 17.8 Å². The molecule has 0 unspecified atom stereocenters. The summed E-state index contributed by atoms with van der Waals surface area (Å²) in [5.74, 6) is 2.97. The summed E-state index contributed by atoms with van der Waals surface area (Å²) in [4.78, 5) is 0. The Morgan fingerprint density at radius 2 is 1.30 bits per heavy atom. The number of rotatable bonds is 5. The second-order valence-corrected chi connectivity index (χ2v) is 10.4. The topological polar surface area (TPSA) is 0 Å². The maximum Gasteiger partial charge on any atom is 0.0827 e. The van der Waals surface area contributed by atoms with Gasteiger partial charge in [-0.3, -0.25) is 0 Å². The molecule has 1 aromatic rings. The third-order valence-corrected chi connectivity index (χ3v) is 8.79. The summed E-state index contributed by atoms with van der Waals surface area (Å²) in [5.41, 5.74) is 10.9. The monoisotopic (exact) mass is 410 g/mol. The lowest BCUT2D eigenvalue weighted by molar-refractivity contribution is 0.299. The lowest BCUT2D eigenvalue weighted by Crippen LogP contribution is -2.18. The molecule has 0 bridgehead atoms. The van der Waals surface area contributed by atoms with E-state index in [0.717, 1.165) is 30.5 Å². The first-order chi connectivity index (χ1) is 14.3. The zero-order valence-electron chi connectivity index (χ0n) is 20.3. The van der Waals surface area contributed by atoms with Gasteiger partial charge >= 0.3 is 0 Å². The van der Waals surface area contributed by atoms with Gasteiger partial charge in [0.2, 0.25) is 0 Å². The lowest BCUT2D eigenvalue weighted by atomic mass is 9.72. The normalized spacial score (nSPS) is 28.3. The number of halogens is 1. The molecular weight excluding hydrogens is 367 g/mol. The fraction of sp³-hybridized carbons (Fsp3) is 0.655. The smallest absolute Gasteiger partial charge is 0.0827 e. The molecule has 0 radical (unpaired) electrons. The van der Waals surface area contributed by atoms with E-state index in [4.69, 9.17) is 0 Å². The van der Waals surface area contributed by atoms with E-state index < -0.39 is 0 Å². The van der Waals surface area contributed by atoms with Gasteiger partial charge in [0, 0.05) is 0 Å². The maximum atomic E-state index is 12.3. The molecule has 30 heavy (non-hydrogen) atoms. The summed E-state index contributed by atoms with van der Waals surface area (Å²) in [6.07, 6.45) is 16.4. The van der Waals surface area contributed by atoms with E-state index in [-0.39, 0.29) is 0 Å². The molecule has 0 aromatic heterocycles. The van der Waals surface area contributed by atoms with Crippen LogP contribution in [0.3, 0.4) is 0 Å². The molecule has 0 heterocycles. The predicted molar refractivity (Wildman–Crippen MR) is 129 cm³/mol. The quantitative estimate of drug-likeness (QED) is 0.424. The predicted octanol–water partition coefficient (Wildman–Crippen LogP) is 9.13. The first-order valence-corrected chi connectivity index (χ1v) is 12.3. The number of benzene rings is 1.